The summed E-state index contributed by atoms with van der Waals surface area (Å²) in [6.45, 7) is 3.10. The number of benzene rings is 1. The molecule has 4 nitrogen and oxygen atoms in total. The van der Waals surface area contributed by atoms with Gasteiger partial charge in [0.2, 0.25) is 0 Å². The highest BCUT2D eigenvalue weighted by Crippen LogP contribution is 2.17. The minimum absolute atomic E-state index is 0.208. The molecule has 0 atom stereocenters. The van der Waals surface area contributed by atoms with E-state index < -0.39 is 0 Å². The van der Waals surface area contributed by atoms with Crippen LogP contribution in [-0.2, 0) is 9.53 Å². The van der Waals surface area contributed by atoms with Crippen molar-refractivity contribution in [3.8, 4) is 11.5 Å². The van der Waals surface area contributed by atoms with Crippen molar-refractivity contribution >= 4 is 5.97 Å². The van der Waals surface area contributed by atoms with Crippen LogP contribution in [0, 0.1) is 0 Å². The smallest absolute Gasteiger partial charge is 0.305 e. The summed E-state index contributed by atoms with van der Waals surface area (Å²) in [5.74, 6) is 1.40. The first-order valence-electron chi connectivity index (χ1n) is 5.68. The molecule has 0 saturated heterocycles. The van der Waals surface area contributed by atoms with Crippen molar-refractivity contribution in [1.82, 2.24) is 0 Å². The third kappa shape index (κ3) is 5.24. The number of carbonyl (C=O) groups excluding carboxylic acids is 1. The van der Waals surface area contributed by atoms with Crippen molar-refractivity contribution in [1.29, 1.82) is 0 Å². The molecule has 0 radical (unpaired) electrons. The minimum Gasteiger partial charge on any atom is -0.494 e. The van der Waals surface area contributed by atoms with Crippen LogP contribution in [0.3, 0.4) is 0 Å². The molecule has 1 rings (SSSR count). The van der Waals surface area contributed by atoms with E-state index in [2.05, 4.69) is 4.74 Å². The van der Waals surface area contributed by atoms with Gasteiger partial charge in [0.25, 0.3) is 0 Å². The molecule has 1 aromatic carbocycles. The molecule has 0 aliphatic heterocycles. The SMILES string of the molecule is CCOc1ccc(OCCCC(=O)OC)cc1. The number of hydrogen-bond donors (Lipinski definition) is 0. The fourth-order valence-electron chi connectivity index (χ4n) is 1.31. The lowest BCUT2D eigenvalue weighted by atomic mass is 10.3. The summed E-state index contributed by atoms with van der Waals surface area (Å²) in [5.41, 5.74) is 0. The van der Waals surface area contributed by atoms with Crippen LogP contribution in [0.4, 0.5) is 0 Å². The molecule has 0 fully saturated rings. The van der Waals surface area contributed by atoms with E-state index >= 15 is 0 Å². The van der Waals surface area contributed by atoms with Crippen molar-refractivity contribution < 1.29 is 19.0 Å². The van der Waals surface area contributed by atoms with Crippen LogP contribution in [0.1, 0.15) is 19.8 Å². The van der Waals surface area contributed by atoms with E-state index in [-0.39, 0.29) is 5.97 Å². The van der Waals surface area contributed by atoms with Crippen LogP contribution >= 0.6 is 0 Å². The largest absolute Gasteiger partial charge is 0.494 e. The molecule has 1 aromatic rings. The normalized spacial score (nSPS) is 9.76. The van der Waals surface area contributed by atoms with Crippen LogP contribution < -0.4 is 9.47 Å². The Balaban J connectivity index is 2.25. The Hall–Kier alpha value is -1.71. The summed E-state index contributed by atoms with van der Waals surface area (Å²) >= 11 is 0. The molecule has 0 bridgehead atoms. The molecule has 0 aliphatic rings. The van der Waals surface area contributed by atoms with Crippen LogP contribution in [0.25, 0.3) is 0 Å². The van der Waals surface area contributed by atoms with E-state index in [0.29, 0.717) is 26.1 Å². The van der Waals surface area contributed by atoms with Gasteiger partial charge in [-0.3, -0.25) is 4.79 Å². The zero-order valence-electron chi connectivity index (χ0n) is 10.3. The standard InChI is InChI=1S/C13H18O4/c1-3-16-11-6-8-12(9-7-11)17-10-4-5-13(14)15-2/h6-9H,3-5,10H2,1-2H3. The quantitative estimate of drug-likeness (QED) is 0.540. The maximum absolute atomic E-state index is 10.8. The Morgan fingerprint density at radius 3 is 2.24 bits per heavy atom. The third-order valence-corrected chi connectivity index (χ3v) is 2.16. The van der Waals surface area contributed by atoms with Gasteiger partial charge in [-0.25, -0.2) is 0 Å². The first-order valence-corrected chi connectivity index (χ1v) is 5.68. The fourth-order valence-corrected chi connectivity index (χ4v) is 1.31. The zero-order chi connectivity index (χ0) is 12.5. The van der Waals surface area contributed by atoms with E-state index in [4.69, 9.17) is 9.47 Å². The monoisotopic (exact) mass is 238 g/mol. The number of rotatable bonds is 7. The summed E-state index contributed by atoms with van der Waals surface area (Å²) in [5, 5.41) is 0. The Morgan fingerprint density at radius 2 is 1.71 bits per heavy atom. The Kier molecular flexibility index (Phi) is 5.93. The van der Waals surface area contributed by atoms with Crippen molar-refractivity contribution in [3.05, 3.63) is 24.3 Å². The van der Waals surface area contributed by atoms with Gasteiger partial charge in [-0.1, -0.05) is 0 Å². The van der Waals surface area contributed by atoms with Crippen LogP contribution in [0.15, 0.2) is 24.3 Å². The fraction of sp³-hybridized carbons (Fsp3) is 0.462. The molecule has 0 N–H and O–H groups in total. The first kappa shape index (κ1) is 13.4. The molecule has 0 heterocycles. The van der Waals surface area contributed by atoms with E-state index in [1.54, 1.807) is 0 Å². The number of hydrogen-bond acceptors (Lipinski definition) is 4. The predicted octanol–water partition coefficient (Wildman–Crippen LogP) is 2.42. The summed E-state index contributed by atoms with van der Waals surface area (Å²) in [4.78, 5) is 10.8. The van der Waals surface area contributed by atoms with Gasteiger partial charge in [0.15, 0.2) is 0 Å². The minimum atomic E-state index is -0.208. The lowest BCUT2D eigenvalue weighted by Crippen LogP contribution is -2.04. The molecule has 0 unspecified atom stereocenters. The van der Waals surface area contributed by atoms with Crippen LogP contribution in [0.5, 0.6) is 11.5 Å². The number of carbonyl (C=O) groups is 1. The molecule has 0 aliphatic carbocycles. The summed E-state index contributed by atoms with van der Waals surface area (Å²) in [6, 6.07) is 7.42. The van der Waals surface area contributed by atoms with Gasteiger partial charge in [0.1, 0.15) is 11.5 Å². The average Bonchev–Trinajstić information content (AvgIpc) is 2.36. The Bertz CT molecular complexity index is 332. The molecule has 94 valence electrons. The topological polar surface area (TPSA) is 44.8 Å². The lowest BCUT2D eigenvalue weighted by molar-refractivity contribution is -0.140. The van der Waals surface area contributed by atoms with Gasteiger partial charge in [0.05, 0.1) is 20.3 Å². The summed E-state index contributed by atoms with van der Waals surface area (Å²) in [7, 11) is 1.38. The second-order valence-corrected chi connectivity index (χ2v) is 3.43. The third-order valence-electron chi connectivity index (χ3n) is 2.16. The second kappa shape index (κ2) is 7.54. The van der Waals surface area contributed by atoms with Gasteiger partial charge in [-0.15, -0.1) is 0 Å². The zero-order valence-corrected chi connectivity index (χ0v) is 10.3. The molecule has 0 aromatic heterocycles. The van der Waals surface area contributed by atoms with Gasteiger partial charge < -0.3 is 14.2 Å². The molecule has 4 heteroatoms. The van der Waals surface area contributed by atoms with Crippen LogP contribution in [-0.4, -0.2) is 26.3 Å². The number of methoxy groups -OCH3 is 1. The highest BCUT2D eigenvalue weighted by Gasteiger charge is 2.00. The highest BCUT2D eigenvalue weighted by molar-refractivity contribution is 5.69. The lowest BCUT2D eigenvalue weighted by Gasteiger charge is -2.07. The van der Waals surface area contributed by atoms with Crippen molar-refractivity contribution in [2.75, 3.05) is 20.3 Å². The molecule has 0 amide bonds. The highest BCUT2D eigenvalue weighted by atomic mass is 16.5. The second-order valence-electron chi connectivity index (χ2n) is 3.43. The number of esters is 1. The van der Waals surface area contributed by atoms with Crippen LogP contribution in [0.2, 0.25) is 0 Å². The van der Waals surface area contributed by atoms with E-state index in [1.807, 2.05) is 31.2 Å². The van der Waals surface area contributed by atoms with Gasteiger partial charge in [0, 0.05) is 6.42 Å². The summed E-state index contributed by atoms with van der Waals surface area (Å²) in [6.07, 6.45) is 1.04. The summed E-state index contributed by atoms with van der Waals surface area (Å²) < 4.78 is 15.3. The van der Waals surface area contributed by atoms with Gasteiger partial charge >= 0.3 is 5.97 Å². The molecular formula is C13H18O4. The predicted molar refractivity (Wildman–Crippen MR) is 64.4 cm³/mol. The number of ether oxygens (including phenoxy) is 3. The van der Waals surface area contributed by atoms with Crippen molar-refractivity contribution in [3.63, 3.8) is 0 Å². The van der Waals surface area contributed by atoms with Gasteiger partial charge in [-0.05, 0) is 37.6 Å². The first-order chi connectivity index (χ1) is 8.26. The molecule has 17 heavy (non-hydrogen) atoms. The maximum atomic E-state index is 10.8. The van der Waals surface area contributed by atoms with Crippen molar-refractivity contribution in [2.24, 2.45) is 0 Å². The van der Waals surface area contributed by atoms with Crippen molar-refractivity contribution in [2.45, 2.75) is 19.8 Å². The van der Waals surface area contributed by atoms with E-state index in [1.165, 1.54) is 7.11 Å². The molecule has 0 saturated carbocycles. The van der Waals surface area contributed by atoms with E-state index in [0.717, 1.165) is 11.5 Å². The molecule has 0 spiro atoms. The Morgan fingerprint density at radius 1 is 1.12 bits per heavy atom. The average molecular weight is 238 g/mol. The Labute approximate surface area is 101 Å². The maximum Gasteiger partial charge on any atom is 0.305 e. The van der Waals surface area contributed by atoms with Gasteiger partial charge in [-0.2, -0.15) is 0 Å². The van der Waals surface area contributed by atoms with E-state index in [9.17, 15) is 4.79 Å². The molecular weight excluding hydrogens is 220 g/mol.